The normalized spacial score (nSPS) is 15.7. The topological polar surface area (TPSA) is 54.9 Å². The highest BCUT2D eigenvalue weighted by Gasteiger charge is 2.25. The molecule has 34 heavy (non-hydrogen) atoms. The minimum atomic E-state index is 0.0820. The van der Waals surface area contributed by atoms with Crippen LogP contribution in [0.5, 0.6) is 11.5 Å². The van der Waals surface area contributed by atoms with Crippen molar-refractivity contribution in [2.75, 3.05) is 33.0 Å². The Labute approximate surface area is 202 Å². The summed E-state index contributed by atoms with van der Waals surface area (Å²) in [6, 6.07) is 18.3. The number of pyridine rings is 1. The van der Waals surface area contributed by atoms with E-state index in [0.717, 1.165) is 63.7 Å². The molecule has 1 amide bonds. The summed E-state index contributed by atoms with van der Waals surface area (Å²) < 4.78 is 10.9. The van der Waals surface area contributed by atoms with Crippen LogP contribution in [0.2, 0.25) is 0 Å². The average Bonchev–Trinajstić information content (AvgIpc) is 3.56. The first kappa shape index (κ1) is 21.1. The highest BCUT2D eigenvalue weighted by atomic mass is 32.1. The number of nitrogens with zero attached hydrogens (tertiary/aromatic N) is 3. The Kier molecular flexibility index (Phi) is 5.43. The Balaban J connectivity index is 1.21. The van der Waals surface area contributed by atoms with Gasteiger partial charge in [-0.15, -0.1) is 11.3 Å². The third-order valence-corrected chi connectivity index (χ3v) is 7.36. The lowest BCUT2D eigenvalue weighted by Crippen LogP contribution is -2.48. The number of aryl methyl sites for hydroxylation is 1. The van der Waals surface area contributed by atoms with Crippen molar-refractivity contribution < 1.29 is 14.3 Å². The van der Waals surface area contributed by atoms with E-state index in [0.29, 0.717) is 13.1 Å². The molecule has 6 rings (SSSR count). The number of carbonyl (C=O) groups is 1. The second kappa shape index (κ2) is 8.74. The lowest BCUT2D eigenvalue weighted by Gasteiger charge is -2.35. The minimum Gasteiger partial charge on any atom is -0.454 e. The molecular weight excluding hydrogens is 446 g/mol. The second-order valence-corrected chi connectivity index (χ2v) is 9.76. The molecule has 0 radical (unpaired) electrons. The third-order valence-electron chi connectivity index (χ3n) is 6.47. The van der Waals surface area contributed by atoms with E-state index in [1.807, 2.05) is 34.5 Å². The summed E-state index contributed by atoms with van der Waals surface area (Å²) in [5, 5.41) is 2.96. The van der Waals surface area contributed by atoms with Gasteiger partial charge in [0.1, 0.15) is 0 Å². The maximum Gasteiger partial charge on any atom is 0.254 e. The smallest absolute Gasteiger partial charge is 0.254 e. The van der Waals surface area contributed by atoms with Crippen LogP contribution in [0.4, 0.5) is 0 Å². The zero-order valence-corrected chi connectivity index (χ0v) is 19.8. The van der Waals surface area contributed by atoms with E-state index in [-0.39, 0.29) is 12.7 Å². The molecule has 0 aliphatic carbocycles. The van der Waals surface area contributed by atoms with Crippen molar-refractivity contribution >= 4 is 28.1 Å². The van der Waals surface area contributed by atoms with Crippen LogP contribution in [0.3, 0.4) is 0 Å². The number of hydrogen-bond acceptors (Lipinski definition) is 6. The van der Waals surface area contributed by atoms with E-state index in [2.05, 4.69) is 42.2 Å². The molecule has 0 spiro atoms. The number of benzene rings is 2. The zero-order chi connectivity index (χ0) is 23.1. The molecule has 0 unspecified atom stereocenters. The molecule has 0 saturated carbocycles. The first-order chi connectivity index (χ1) is 16.6. The summed E-state index contributed by atoms with van der Waals surface area (Å²) in [5.41, 5.74) is 4.78. The molecule has 1 saturated heterocycles. The maximum absolute atomic E-state index is 13.7. The number of amides is 1. The predicted octanol–water partition coefficient (Wildman–Crippen LogP) is 4.96. The van der Waals surface area contributed by atoms with Gasteiger partial charge in [0.15, 0.2) is 11.5 Å². The number of rotatable bonds is 4. The van der Waals surface area contributed by atoms with Crippen molar-refractivity contribution in [3.05, 3.63) is 76.7 Å². The molecule has 0 atom stereocenters. The average molecular weight is 472 g/mol. The van der Waals surface area contributed by atoms with Gasteiger partial charge in [-0.25, -0.2) is 4.98 Å². The number of piperazine rings is 1. The van der Waals surface area contributed by atoms with Gasteiger partial charge in [0.2, 0.25) is 6.79 Å². The van der Waals surface area contributed by atoms with Crippen molar-refractivity contribution in [3.63, 3.8) is 0 Å². The van der Waals surface area contributed by atoms with Crippen LogP contribution >= 0.6 is 11.3 Å². The van der Waals surface area contributed by atoms with Gasteiger partial charge in [-0.1, -0.05) is 23.8 Å². The van der Waals surface area contributed by atoms with Gasteiger partial charge in [-0.2, -0.15) is 0 Å². The van der Waals surface area contributed by atoms with E-state index in [1.54, 1.807) is 11.3 Å². The van der Waals surface area contributed by atoms with Gasteiger partial charge in [0, 0.05) is 38.1 Å². The van der Waals surface area contributed by atoms with Crippen LogP contribution in [-0.2, 0) is 6.54 Å². The number of aromatic nitrogens is 1. The summed E-state index contributed by atoms with van der Waals surface area (Å²) in [5.74, 6) is 1.70. The molecule has 2 aliphatic rings. The van der Waals surface area contributed by atoms with Crippen LogP contribution in [0.15, 0.2) is 60.0 Å². The van der Waals surface area contributed by atoms with E-state index in [4.69, 9.17) is 14.5 Å². The van der Waals surface area contributed by atoms with Crippen molar-refractivity contribution in [1.29, 1.82) is 0 Å². The number of fused-ring (bicyclic) bond motifs is 2. The number of thiophene rings is 1. The minimum absolute atomic E-state index is 0.0820. The molecule has 2 aromatic heterocycles. The van der Waals surface area contributed by atoms with Crippen molar-refractivity contribution in [2.45, 2.75) is 13.5 Å². The Hall–Kier alpha value is -3.42. The molecule has 0 bridgehead atoms. The molecule has 172 valence electrons. The molecule has 4 heterocycles. The lowest BCUT2D eigenvalue weighted by molar-refractivity contribution is 0.0630. The molecule has 2 aliphatic heterocycles. The van der Waals surface area contributed by atoms with Crippen molar-refractivity contribution in [2.24, 2.45) is 0 Å². The number of hydrogen-bond donors (Lipinski definition) is 0. The number of ether oxygens (including phenoxy) is 2. The molecule has 0 N–H and O–H groups in total. The fraction of sp³-hybridized carbons (Fsp3) is 0.259. The molecule has 7 heteroatoms. The van der Waals surface area contributed by atoms with Crippen LogP contribution in [0.25, 0.3) is 21.5 Å². The Morgan fingerprint density at radius 1 is 1.00 bits per heavy atom. The summed E-state index contributed by atoms with van der Waals surface area (Å²) in [6.45, 7) is 6.24. The molecule has 6 nitrogen and oxygen atoms in total. The van der Waals surface area contributed by atoms with E-state index in [9.17, 15) is 4.79 Å². The first-order valence-electron chi connectivity index (χ1n) is 11.5. The fourth-order valence-corrected chi connectivity index (χ4v) is 5.33. The molecular formula is C27H25N3O3S. The van der Waals surface area contributed by atoms with E-state index >= 15 is 0 Å². The Morgan fingerprint density at radius 3 is 2.68 bits per heavy atom. The van der Waals surface area contributed by atoms with Gasteiger partial charge in [-0.05, 0) is 54.3 Å². The summed E-state index contributed by atoms with van der Waals surface area (Å²) in [7, 11) is 0. The van der Waals surface area contributed by atoms with E-state index < -0.39 is 0 Å². The van der Waals surface area contributed by atoms with Crippen LogP contribution in [0.1, 0.15) is 21.5 Å². The van der Waals surface area contributed by atoms with Gasteiger partial charge in [0.25, 0.3) is 5.91 Å². The van der Waals surface area contributed by atoms with Gasteiger partial charge >= 0.3 is 0 Å². The summed E-state index contributed by atoms with van der Waals surface area (Å²) >= 11 is 1.64. The highest BCUT2D eigenvalue weighted by molar-refractivity contribution is 7.13. The SMILES string of the molecule is Cc1ccc2nc(-c3cccs3)cc(C(=O)N3CCN(Cc4ccc5c(c4)OCO5)CC3)c2c1. The van der Waals surface area contributed by atoms with Gasteiger partial charge in [0.05, 0.1) is 21.7 Å². The van der Waals surface area contributed by atoms with Gasteiger partial charge < -0.3 is 14.4 Å². The van der Waals surface area contributed by atoms with Crippen molar-refractivity contribution in [3.8, 4) is 22.1 Å². The quantitative estimate of drug-likeness (QED) is 0.421. The summed E-state index contributed by atoms with van der Waals surface area (Å²) in [4.78, 5) is 24.0. The summed E-state index contributed by atoms with van der Waals surface area (Å²) in [6.07, 6.45) is 0. The molecule has 4 aromatic rings. The first-order valence-corrected chi connectivity index (χ1v) is 12.4. The second-order valence-electron chi connectivity index (χ2n) is 8.81. The molecule has 1 fully saturated rings. The third kappa shape index (κ3) is 4.02. The zero-order valence-electron chi connectivity index (χ0n) is 19.0. The predicted molar refractivity (Wildman–Crippen MR) is 134 cm³/mol. The highest BCUT2D eigenvalue weighted by Crippen LogP contribution is 2.33. The van der Waals surface area contributed by atoms with Crippen LogP contribution < -0.4 is 9.47 Å². The number of carbonyl (C=O) groups excluding carboxylic acids is 1. The largest absolute Gasteiger partial charge is 0.454 e. The van der Waals surface area contributed by atoms with Gasteiger partial charge in [-0.3, -0.25) is 9.69 Å². The lowest BCUT2D eigenvalue weighted by atomic mass is 10.0. The van der Waals surface area contributed by atoms with Crippen molar-refractivity contribution in [1.82, 2.24) is 14.8 Å². The maximum atomic E-state index is 13.7. The van der Waals surface area contributed by atoms with E-state index in [1.165, 1.54) is 5.56 Å². The van der Waals surface area contributed by atoms with Crippen LogP contribution in [0, 0.1) is 6.92 Å². The Bertz CT molecular complexity index is 1360. The van der Waals surface area contributed by atoms with Crippen LogP contribution in [-0.4, -0.2) is 53.7 Å². The Morgan fingerprint density at radius 2 is 1.85 bits per heavy atom. The standard InChI is InChI=1S/C27H25N3O3S/c1-18-4-6-22-20(13-18)21(15-23(28-22)26-3-2-12-34-26)27(31)30-10-8-29(9-11-30)16-19-5-7-24-25(14-19)33-17-32-24/h2-7,12-15H,8-11,16-17H2,1H3. The fourth-order valence-electron chi connectivity index (χ4n) is 4.64. The monoisotopic (exact) mass is 471 g/mol. The molecule has 2 aromatic carbocycles.